The third-order valence-electron chi connectivity index (χ3n) is 4.38. The summed E-state index contributed by atoms with van der Waals surface area (Å²) in [5, 5.41) is 12.0. The Kier molecular flexibility index (Phi) is 4.10. The van der Waals surface area contributed by atoms with Crippen LogP contribution in [0.25, 0.3) is 22.2 Å². The number of aryl methyl sites for hydroxylation is 1. The number of nitrogens with zero attached hydrogens (tertiary/aromatic N) is 6. The molecule has 7 nitrogen and oxygen atoms in total. The quantitative estimate of drug-likeness (QED) is 0.420. The first kappa shape index (κ1) is 16.4. The van der Waals surface area contributed by atoms with Crippen LogP contribution in [0.3, 0.4) is 0 Å². The molecule has 0 unspecified atom stereocenters. The van der Waals surface area contributed by atoms with Crippen LogP contribution in [0.1, 0.15) is 17.7 Å². The third-order valence-corrected chi connectivity index (χ3v) is 6.24. The second-order valence-corrected chi connectivity index (χ2v) is 8.01. The Morgan fingerprint density at radius 3 is 2.85 bits per heavy atom. The summed E-state index contributed by atoms with van der Waals surface area (Å²) in [6, 6.07) is 9.70. The van der Waals surface area contributed by atoms with Gasteiger partial charge in [-0.25, -0.2) is 14.6 Å². The summed E-state index contributed by atoms with van der Waals surface area (Å²) in [6.07, 6.45) is 4.76. The number of hydrogen-bond donors (Lipinski definition) is 1. The van der Waals surface area contributed by atoms with E-state index in [0.717, 1.165) is 40.6 Å². The zero-order chi connectivity index (χ0) is 18.2. The van der Waals surface area contributed by atoms with Gasteiger partial charge in [-0.05, 0) is 54.6 Å². The average Bonchev–Trinajstić information content (AvgIpc) is 3.44. The Bertz CT molecular complexity index is 1090. The lowest BCUT2D eigenvalue weighted by Crippen LogP contribution is -2.11. The molecule has 4 aromatic heterocycles. The van der Waals surface area contributed by atoms with Gasteiger partial charge in [-0.15, -0.1) is 21.5 Å². The summed E-state index contributed by atoms with van der Waals surface area (Å²) >= 11 is 3.02. The van der Waals surface area contributed by atoms with E-state index in [1.807, 2.05) is 35.7 Å². The highest BCUT2D eigenvalue weighted by molar-refractivity contribution is 7.99. The van der Waals surface area contributed by atoms with E-state index in [0.29, 0.717) is 16.8 Å². The monoisotopic (exact) mass is 393 g/mol. The predicted octanol–water partition coefficient (Wildman–Crippen LogP) is 3.21. The zero-order valence-corrected chi connectivity index (χ0v) is 15.9. The number of nitrogens with two attached hydrogens (primary N) is 1. The van der Waals surface area contributed by atoms with Gasteiger partial charge >= 0.3 is 0 Å². The van der Waals surface area contributed by atoms with E-state index in [2.05, 4.69) is 15.2 Å². The van der Waals surface area contributed by atoms with Crippen LogP contribution >= 0.6 is 23.1 Å². The fraction of sp³-hybridized carbons (Fsp3) is 0.167. The van der Waals surface area contributed by atoms with E-state index in [1.165, 1.54) is 22.0 Å². The lowest BCUT2D eigenvalue weighted by molar-refractivity contribution is 0.843. The maximum atomic E-state index is 6.26. The molecule has 0 saturated carbocycles. The molecule has 0 aliphatic heterocycles. The van der Waals surface area contributed by atoms with E-state index in [4.69, 9.17) is 15.8 Å². The lowest BCUT2D eigenvalue weighted by atomic mass is 10.2. The van der Waals surface area contributed by atoms with Crippen molar-refractivity contribution in [3.8, 4) is 22.2 Å². The molecule has 27 heavy (non-hydrogen) atoms. The summed E-state index contributed by atoms with van der Waals surface area (Å²) < 4.78 is 1.53. The van der Waals surface area contributed by atoms with Crippen LogP contribution in [0.2, 0.25) is 0 Å². The van der Waals surface area contributed by atoms with Gasteiger partial charge in [-0.1, -0.05) is 12.1 Å². The van der Waals surface area contributed by atoms with Gasteiger partial charge in [0.1, 0.15) is 10.7 Å². The first-order chi connectivity index (χ1) is 13.3. The molecule has 4 heterocycles. The van der Waals surface area contributed by atoms with E-state index >= 15 is 0 Å². The normalized spacial score (nSPS) is 13.0. The molecule has 0 saturated heterocycles. The molecule has 0 radical (unpaired) electrons. The Balaban J connectivity index is 1.55. The van der Waals surface area contributed by atoms with Crippen LogP contribution in [0, 0.1) is 0 Å². The van der Waals surface area contributed by atoms with Crippen LogP contribution in [0.5, 0.6) is 0 Å². The fourth-order valence-electron chi connectivity index (χ4n) is 3.10. The van der Waals surface area contributed by atoms with E-state index < -0.39 is 0 Å². The van der Waals surface area contributed by atoms with Crippen molar-refractivity contribution in [2.24, 2.45) is 0 Å². The van der Waals surface area contributed by atoms with Crippen molar-refractivity contribution in [3.63, 3.8) is 0 Å². The minimum Gasteiger partial charge on any atom is -0.335 e. The number of rotatable bonds is 4. The summed E-state index contributed by atoms with van der Waals surface area (Å²) in [5.41, 5.74) is 3.04. The first-order valence-corrected chi connectivity index (χ1v) is 10.2. The van der Waals surface area contributed by atoms with Crippen LogP contribution in [-0.2, 0) is 12.8 Å². The molecule has 4 aromatic rings. The lowest BCUT2D eigenvalue weighted by Gasteiger charge is -2.09. The van der Waals surface area contributed by atoms with Gasteiger partial charge in [-0.2, -0.15) is 0 Å². The number of aromatic nitrogens is 6. The standard InChI is InChI=1S/C18H15N7S2/c19-25-16(14-8-4-10-26-14)23-24-18(25)27-17-11-5-3-7-12(11)21-15(22-17)13-6-1-2-9-20-13/h1-2,4,6,8-10H,3,5,7,19H2. The summed E-state index contributed by atoms with van der Waals surface area (Å²) in [5.74, 6) is 7.55. The number of thiophene rings is 1. The Labute approximate surface area is 163 Å². The van der Waals surface area contributed by atoms with Crippen LogP contribution in [0.4, 0.5) is 0 Å². The van der Waals surface area contributed by atoms with Gasteiger partial charge in [0.25, 0.3) is 0 Å². The maximum Gasteiger partial charge on any atom is 0.216 e. The molecule has 0 spiro atoms. The molecule has 5 rings (SSSR count). The molecule has 1 aliphatic carbocycles. The van der Waals surface area contributed by atoms with Crippen molar-refractivity contribution >= 4 is 23.1 Å². The van der Waals surface area contributed by atoms with Gasteiger partial charge in [-0.3, -0.25) is 4.98 Å². The fourth-order valence-corrected chi connectivity index (χ4v) is 4.72. The molecule has 0 fully saturated rings. The topological polar surface area (TPSA) is 95.4 Å². The smallest absolute Gasteiger partial charge is 0.216 e. The van der Waals surface area contributed by atoms with Crippen molar-refractivity contribution < 1.29 is 0 Å². The number of nitrogen functional groups attached to an aromatic ring is 1. The molecule has 0 atom stereocenters. The predicted molar refractivity (Wildman–Crippen MR) is 105 cm³/mol. The van der Waals surface area contributed by atoms with Crippen molar-refractivity contribution in [2.45, 2.75) is 29.4 Å². The van der Waals surface area contributed by atoms with Crippen molar-refractivity contribution in [3.05, 3.63) is 53.2 Å². The largest absolute Gasteiger partial charge is 0.335 e. The van der Waals surface area contributed by atoms with E-state index in [-0.39, 0.29) is 0 Å². The third kappa shape index (κ3) is 2.98. The first-order valence-electron chi connectivity index (χ1n) is 8.53. The van der Waals surface area contributed by atoms with Crippen molar-refractivity contribution in [1.29, 1.82) is 0 Å². The van der Waals surface area contributed by atoms with Gasteiger partial charge < -0.3 is 5.84 Å². The zero-order valence-electron chi connectivity index (χ0n) is 14.2. The highest BCUT2D eigenvalue weighted by Gasteiger charge is 2.23. The van der Waals surface area contributed by atoms with Gasteiger partial charge in [0.15, 0.2) is 11.6 Å². The summed E-state index contributed by atoms with van der Waals surface area (Å²) in [4.78, 5) is 14.9. The van der Waals surface area contributed by atoms with Crippen LogP contribution in [-0.4, -0.2) is 29.8 Å². The minimum absolute atomic E-state index is 0.609. The summed E-state index contributed by atoms with van der Waals surface area (Å²) in [7, 11) is 0. The van der Waals surface area contributed by atoms with Gasteiger partial charge in [0.05, 0.1) is 4.88 Å². The van der Waals surface area contributed by atoms with Crippen LogP contribution < -0.4 is 5.84 Å². The van der Waals surface area contributed by atoms with Crippen molar-refractivity contribution in [1.82, 2.24) is 29.8 Å². The Morgan fingerprint density at radius 1 is 1.07 bits per heavy atom. The average molecular weight is 394 g/mol. The SMILES string of the molecule is Nn1c(Sc2nc(-c3ccccn3)nc3c2CCC3)nnc1-c1cccs1. The van der Waals surface area contributed by atoms with E-state index in [9.17, 15) is 0 Å². The summed E-state index contributed by atoms with van der Waals surface area (Å²) in [6.45, 7) is 0. The number of hydrogen-bond acceptors (Lipinski definition) is 8. The maximum absolute atomic E-state index is 6.26. The number of pyridine rings is 1. The highest BCUT2D eigenvalue weighted by atomic mass is 32.2. The molecule has 0 aromatic carbocycles. The molecule has 1 aliphatic rings. The number of fused-ring (bicyclic) bond motifs is 1. The molecule has 2 N–H and O–H groups in total. The van der Waals surface area contributed by atoms with Crippen LogP contribution in [0.15, 0.2) is 52.1 Å². The Hall–Kier alpha value is -2.78. The molecule has 134 valence electrons. The van der Waals surface area contributed by atoms with Crippen molar-refractivity contribution in [2.75, 3.05) is 5.84 Å². The van der Waals surface area contributed by atoms with Gasteiger partial charge in [0, 0.05) is 17.5 Å². The minimum atomic E-state index is 0.609. The molecule has 0 bridgehead atoms. The highest BCUT2D eigenvalue weighted by Crippen LogP contribution is 2.35. The second kappa shape index (κ2) is 6.75. The molecule has 0 amide bonds. The Morgan fingerprint density at radius 2 is 2.04 bits per heavy atom. The van der Waals surface area contributed by atoms with Gasteiger partial charge in [0.2, 0.25) is 5.16 Å². The molecular formula is C18H15N7S2. The molecule has 9 heteroatoms. The van der Waals surface area contributed by atoms with E-state index in [1.54, 1.807) is 17.5 Å². The second-order valence-electron chi connectivity index (χ2n) is 6.10. The molecular weight excluding hydrogens is 378 g/mol.